The van der Waals surface area contributed by atoms with Crippen LogP contribution >= 0.6 is 0 Å². The van der Waals surface area contributed by atoms with Crippen molar-refractivity contribution >= 4 is 5.91 Å². The van der Waals surface area contributed by atoms with Gasteiger partial charge < -0.3 is 10.6 Å². The summed E-state index contributed by atoms with van der Waals surface area (Å²) in [6.45, 7) is 5.69. The Morgan fingerprint density at radius 2 is 2.53 bits per heavy atom. The fraction of sp³-hybridized carbons (Fsp3) is 0.800. The van der Waals surface area contributed by atoms with E-state index in [1.807, 2.05) is 6.92 Å². The van der Waals surface area contributed by atoms with Crippen LogP contribution in [0.15, 0.2) is 0 Å². The fourth-order valence-electron chi connectivity index (χ4n) is 1.67. The molecular formula is C10H18N4O. The lowest BCUT2D eigenvalue weighted by molar-refractivity contribution is -0.121. The predicted octanol–water partition coefficient (Wildman–Crippen LogP) is -0.690. The maximum absolute atomic E-state index is 11.2. The molecule has 1 heterocycles. The van der Waals surface area contributed by atoms with Crippen molar-refractivity contribution in [1.29, 1.82) is 5.26 Å². The lowest BCUT2D eigenvalue weighted by Crippen LogP contribution is -2.51. The minimum Gasteiger partial charge on any atom is -0.356 e. The summed E-state index contributed by atoms with van der Waals surface area (Å²) < 4.78 is 0. The Morgan fingerprint density at radius 3 is 3.20 bits per heavy atom. The quantitative estimate of drug-likeness (QED) is 0.644. The van der Waals surface area contributed by atoms with Crippen LogP contribution in [0.2, 0.25) is 0 Å². The topological polar surface area (TPSA) is 68.2 Å². The third-order valence-corrected chi connectivity index (χ3v) is 2.50. The fourth-order valence-corrected chi connectivity index (χ4v) is 1.67. The molecule has 0 radical (unpaired) electrons. The zero-order valence-electron chi connectivity index (χ0n) is 9.12. The average molecular weight is 210 g/mol. The molecule has 84 valence electrons. The number of carbonyl (C=O) groups excluding carboxylic acids is 1. The number of rotatable bonds is 4. The number of nitrogens with one attached hydrogen (secondary N) is 2. The third kappa shape index (κ3) is 3.86. The number of piperazine rings is 1. The smallest absolute Gasteiger partial charge is 0.221 e. The molecule has 1 aliphatic rings. The molecule has 0 aromatic heterocycles. The van der Waals surface area contributed by atoms with Gasteiger partial charge in [0.1, 0.15) is 6.04 Å². The monoisotopic (exact) mass is 210 g/mol. The molecule has 0 saturated carbocycles. The minimum atomic E-state index is -0.0897. The van der Waals surface area contributed by atoms with E-state index in [0.717, 1.165) is 13.1 Å². The van der Waals surface area contributed by atoms with Crippen LogP contribution in [0.5, 0.6) is 0 Å². The third-order valence-electron chi connectivity index (χ3n) is 2.50. The van der Waals surface area contributed by atoms with Crippen LogP contribution in [-0.4, -0.2) is 49.6 Å². The molecule has 0 aromatic rings. The van der Waals surface area contributed by atoms with Gasteiger partial charge in [-0.1, -0.05) is 0 Å². The molecule has 15 heavy (non-hydrogen) atoms. The molecule has 1 rings (SSSR count). The molecule has 2 N–H and O–H groups in total. The van der Waals surface area contributed by atoms with E-state index in [9.17, 15) is 4.79 Å². The normalized spacial score (nSPS) is 22.0. The van der Waals surface area contributed by atoms with Crippen LogP contribution in [0.25, 0.3) is 0 Å². The Morgan fingerprint density at radius 1 is 1.73 bits per heavy atom. The van der Waals surface area contributed by atoms with E-state index < -0.39 is 0 Å². The zero-order chi connectivity index (χ0) is 11.1. The number of carbonyl (C=O) groups is 1. The Hall–Kier alpha value is -1.12. The summed E-state index contributed by atoms with van der Waals surface area (Å²) in [5.74, 6) is 0.0627. The highest BCUT2D eigenvalue weighted by atomic mass is 16.1. The summed E-state index contributed by atoms with van der Waals surface area (Å²) >= 11 is 0. The second-order valence-corrected chi connectivity index (χ2v) is 3.59. The molecule has 1 aliphatic heterocycles. The molecule has 0 aromatic carbocycles. The molecule has 0 spiro atoms. The van der Waals surface area contributed by atoms with Crippen molar-refractivity contribution in [3.8, 4) is 6.07 Å². The van der Waals surface area contributed by atoms with Crippen molar-refractivity contribution in [3.05, 3.63) is 0 Å². The Kier molecular flexibility index (Phi) is 5.08. The van der Waals surface area contributed by atoms with E-state index >= 15 is 0 Å². The van der Waals surface area contributed by atoms with E-state index in [1.165, 1.54) is 0 Å². The van der Waals surface area contributed by atoms with Crippen LogP contribution < -0.4 is 10.6 Å². The van der Waals surface area contributed by atoms with Crippen LogP contribution in [0.1, 0.15) is 13.3 Å². The lowest BCUT2D eigenvalue weighted by Gasteiger charge is -2.31. The largest absolute Gasteiger partial charge is 0.356 e. The standard InChI is InChI=1S/C10H18N4O/c1-2-13-10(15)3-5-14-6-4-12-8-9(14)7-11/h9,12H,2-6,8H2,1H3,(H,13,15). The highest BCUT2D eigenvalue weighted by Crippen LogP contribution is 2.02. The van der Waals surface area contributed by atoms with Gasteiger partial charge in [0.25, 0.3) is 0 Å². The average Bonchev–Trinajstić information content (AvgIpc) is 2.27. The SMILES string of the molecule is CCNC(=O)CCN1CCNCC1C#N. The van der Waals surface area contributed by atoms with E-state index in [1.54, 1.807) is 0 Å². The first-order chi connectivity index (χ1) is 7.27. The van der Waals surface area contributed by atoms with E-state index in [2.05, 4.69) is 21.6 Å². The molecule has 1 amide bonds. The van der Waals surface area contributed by atoms with Gasteiger partial charge in [0.05, 0.1) is 6.07 Å². The second-order valence-electron chi connectivity index (χ2n) is 3.59. The Labute approximate surface area is 90.4 Å². The maximum atomic E-state index is 11.2. The molecule has 0 aliphatic carbocycles. The summed E-state index contributed by atoms with van der Waals surface area (Å²) in [5.41, 5.74) is 0. The highest BCUT2D eigenvalue weighted by molar-refractivity contribution is 5.75. The second kappa shape index (κ2) is 6.38. The summed E-state index contributed by atoms with van der Waals surface area (Å²) in [7, 11) is 0. The van der Waals surface area contributed by atoms with Gasteiger partial charge in [-0.05, 0) is 6.92 Å². The van der Waals surface area contributed by atoms with Gasteiger partial charge >= 0.3 is 0 Å². The molecule has 5 heteroatoms. The Bertz CT molecular complexity index is 248. The number of nitriles is 1. The van der Waals surface area contributed by atoms with Gasteiger partial charge in [-0.3, -0.25) is 9.69 Å². The van der Waals surface area contributed by atoms with Gasteiger partial charge in [-0.15, -0.1) is 0 Å². The van der Waals surface area contributed by atoms with E-state index in [4.69, 9.17) is 5.26 Å². The van der Waals surface area contributed by atoms with Gasteiger partial charge in [-0.2, -0.15) is 5.26 Å². The summed E-state index contributed by atoms with van der Waals surface area (Å²) in [4.78, 5) is 13.3. The molecular weight excluding hydrogens is 192 g/mol. The summed E-state index contributed by atoms with van der Waals surface area (Å²) in [5, 5.41) is 14.8. The van der Waals surface area contributed by atoms with Crippen LogP contribution in [-0.2, 0) is 4.79 Å². The van der Waals surface area contributed by atoms with Crippen molar-refractivity contribution in [2.24, 2.45) is 0 Å². The highest BCUT2D eigenvalue weighted by Gasteiger charge is 2.21. The molecule has 1 fully saturated rings. The molecule has 1 unspecified atom stereocenters. The number of hydrogen-bond donors (Lipinski definition) is 2. The zero-order valence-corrected chi connectivity index (χ0v) is 9.12. The molecule has 1 atom stereocenters. The molecule has 5 nitrogen and oxygen atoms in total. The lowest BCUT2D eigenvalue weighted by atomic mass is 10.2. The summed E-state index contributed by atoms with van der Waals surface area (Å²) in [6.07, 6.45) is 0.478. The first-order valence-corrected chi connectivity index (χ1v) is 5.39. The number of nitrogens with zero attached hydrogens (tertiary/aromatic N) is 2. The van der Waals surface area contributed by atoms with Crippen molar-refractivity contribution < 1.29 is 4.79 Å². The van der Waals surface area contributed by atoms with E-state index in [-0.39, 0.29) is 11.9 Å². The van der Waals surface area contributed by atoms with Crippen LogP contribution in [0.4, 0.5) is 0 Å². The van der Waals surface area contributed by atoms with Crippen molar-refractivity contribution in [3.63, 3.8) is 0 Å². The number of amides is 1. The van der Waals surface area contributed by atoms with Crippen molar-refractivity contribution in [2.45, 2.75) is 19.4 Å². The van der Waals surface area contributed by atoms with E-state index in [0.29, 0.717) is 26.1 Å². The van der Waals surface area contributed by atoms with Gasteiger partial charge in [0, 0.05) is 39.1 Å². The van der Waals surface area contributed by atoms with Crippen LogP contribution in [0, 0.1) is 11.3 Å². The summed E-state index contributed by atoms with van der Waals surface area (Å²) in [6, 6.07) is 2.15. The van der Waals surface area contributed by atoms with Gasteiger partial charge in [-0.25, -0.2) is 0 Å². The van der Waals surface area contributed by atoms with Gasteiger partial charge in [0.2, 0.25) is 5.91 Å². The molecule has 1 saturated heterocycles. The number of hydrogen-bond acceptors (Lipinski definition) is 4. The predicted molar refractivity (Wildman–Crippen MR) is 57.1 cm³/mol. The van der Waals surface area contributed by atoms with Gasteiger partial charge in [0.15, 0.2) is 0 Å². The Balaban J connectivity index is 2.30. The van der Waals surface area contributed by atoms with Crippen molar-refractivity contribution in [2.75, 3.05) is 32.7 Å². The van der Waals surface area contributed by atoms with Crippen molar-refractivity contribution in [1.82, 2.24) is 15.5 Å². The first kappa shape index (κ1) is 12.0. The maximum Gasteiger partial charge on any atom is 0.221 e. The molecule has 0 bridgehead atoms. The first-order valence-electron chi connectivity index (χ1n) is 5.39. The van der Waals surface area contributed by atoms with Crippen LogP contribution in [0.3, 0.4) is 0 Å². The minimum absolute atomic E-state index is 0.0627.